The molecule has 0 aliphatic heterocycles. The van der Waals surface area contributed by atoms with Crippen molar-refractivity contribution in [1.29, 1.82) is 0 Å². The third-order valence-corrected chi connectivity index (χ3v) is 2.71. The summed E-state index contributed by atoms with van der Waals surface area (Å²) in [5.74, 6) is -0.0204. The van der Waals surface area contributed by atoms with Gasteiger partial charge in [0.15, 0.2) is 10.9 Å². The number of carbonyl (C=O) groups excluding carboxylic acids is 1. The normalized spacial score (nSPS) is 9.85. The molecule has 1 amide bonds. The SMILES string of the molecule is CCNC(=S)Nc1cccc(NC(=O)c2ccco2)c1. The van der Waals surface area contributed by atoms with E-state index in [9.17, 15) is 4.79 Å². The maximum absolute atomic E-state index is 11.8. The largest absolute Gasteiger partial charge is 0.459 e. The molecule has 5 nitrogen and oxygen atoms in total. The van der Waals surface area contributed by atoms with Crippen molar-refractivity contribution in [2.24, 2.45) is 0 Å². The molecule has 2 aromatic rings. The van der Waals surface area contributed by atoms with Crippen LogP contribution in [0.5, 0.6) is 0 Å². The highest BCUT2D eigenvalue weighted by Crippen LogP contribution is 2.16. The van der Waals surface area contributed by atoms with Gasteiger partial charge in [-0.1, -0.05) is 6.07 Å². The standard InChI is InChI=1S/C14H15N3O2S/c1-2-15-14(20)17-11-6-3-5-10(9-11)16-13(18)12-7-4-8-19-12/h3-9H,2H2,1H3,(H,16,18)(H2,15,17,20). The molecule has 104 valence electrons. The first kappa shape index (κ1) is 14.1. The van der Waals surface area contributed by atoms with Crippen LogP contribution in [0.1, 0.15) is 17.5 Å². The molecule has 0 fully saturated rings. The van der Waals surface area contributed by atoms with Gasteiger partial charge < -0.3 is 20.4 Å². The van der Waals surface area contributed by atoms with E-state index in [1.165, 1.54) is 6.26 Å². The van der Waals surface area contributed by atoms with Crippen molar-refractivity contribution in [3.05, 3.63) is 48.4 Å². The Bertz CT molecular complexity index is 596. The summed E-state index contributed by atoms with van der Waals surface area (Å²) in [5.41, 5.74) is 1.46. The molecule has 0 saturated carbocycles. The minimum atomic E-state index is -0.290. The lowest BCUT2D eigenvalue weighted by Gasteiger charge is -2.10. The molecule has 0 saturated heterocycles. The van der Waals surface area contributed by atoms with Crippen molar-refractivity contribution in [2.75, 3.05) is 17.2 Å². The topological polar surface area (TPSA) is 66.3 Å². The zero-order valence-electron chi connectivity index (χ0n) is 11.0. The predicted octanol–water partition coefficient (Wildman–Crippen LogP) is 2.84. The van der Waals surface area contributed by atoms with Crippen molar-refractivity contribution in [1.82, 2.24) is 5.32 Å². The average molecular weight is 289 g/mol. The van der Waals surface area contributed by atoms with Gasteiger partial charge in [-0.15, -0.1) is 0 Å². The fourth-order valence-corrected chi connectivity index (χ4v) is 1.87. The number of rotatable bonds is 4. The van der Waals surface area contributed by atoms with Crippen LogP contribution in [0, 0.1) is 0 Å². The van der Waals surface area contributed by atoms with E-state index in [1.807, 2.05) is 19.1 Å². The molecule has 1 aromatic heterocycles. The zero-order valence-corrected chi connectivity index (χ0v) is 11.8. The summed E-state index contributed by atoms with van der Waals surface area (Å²) in [4.78, 5) is 11.8. The second-order valence-corrected chi connectivity index (χ2v) is 4.40. The van der Waals surface area contributed by atoms with Crippen LogP contribution >= 0.6 is 12.2 Å². The maximum Gasteiger partial charge on any atom is 0.291 e. The summed E-state index contributed by atoms with van der Waals surface area (Å²) in [7, 11) is 0. The maximum atomic E-state index is 11.8. The Morgan fingerprint density at radius 1 is 1.20 bits per heavy atom. The fourth-order valence-electron chi connectivity index (χ4n) is 1.61. The zero-order chi connectivity index (χ0) is 14.4. The Kier molecular flexibility index (Phi) is 4.73. The van der Waals surface area contributed by atoms with Gasteiger partial charge in [0.2, 0.25) is 0 Å². The van der Waals surface area contributed by atoms with E-state index in [0.29, 0.717) is 10.8 Å². The van der Waals surface area contributed by atoms with Crippen molar-refractivity contribution < 1.29 is 9.21 Å². The average Bonchev–Trinajstić information content (AvgIpc) is 2.93. The lowest BCUT2D eigenvalue weighted by molar-refractivity contribution is 0.0996. The summed E-state index contributed by atoms with van der Waals surface area (Å²) >= 11 is 5.11. The molecular formula is C14H15N3O2S. The lowest BCUT2D eigenvalue weighted by Crippen LogP contribution is -2.27. The number of carbonyl (C=O) groups is 1. The highest BCUT2D eigenvalue weighted by atomic mass is 32.1. The minimum absolute atomic E-state index is 0.270. The monoisotopic (exact) mass is 289 g/mol. The smallest absolute Gasteiger partial charge is 0.291 e. The van der Waals surface area contributed by atoms with Crippen LogP contribution in [0.3, 0.4) is 0 Å². The molecular weight excluding hydrogens is 274 g/mol. The number of hydrogen-bond donors (Lipinski definition) is 3. The van der Waals surface area contributed by atoms with Crippen molar-refractivity contribution in [2.45, 2.75) is 6.92 Å². The van der Waals surface area contributed by atoms with Gasteiger partial charge in [-0.05, 0) is 49.5 Å². The number of amides is 1. The van der Waals surface area contributed by atoms with Gasteiger partial charge >= 0.3 is 0 Å². The Balaban J connectivity index is 2.02. The molecule has 20 heavy (non-hydrogen) atoms. The van der Waals surface area contributed by atoms with Crippen LogP contribution in [-0.2, 0) is 0 Å². The Morgan fingerprint density at radius 2 is 1.95 bits per heavy atom. The van der Waals surface area contributed by atoms with Crippen LogP contribution in [0.25, 0.3) is 0 Å². The molecule has 6 heteroatoms. The van der Waals surface area contributed by atoms with E-state index in [-0.39, 0.29) is 11.7 Å². The summed E-state index contributed by atoms with van der Waals surface area (Å²) in [6.07, 6.45) is 1.46. The molecule has 3 N–H and O–H groups in total. The fraction of sp³-hybridized carbons (Fsp3) is 0.143. The molecule has 0 radical (unpaired) electrons. The number of nitrogens with one attached hydrogen (secondary N) is 3. The number of hydrogen-bond acceptors (Lipinski definition) is 3. The molecule has 0 aliphatic carbocycles. The lowest BCUT2D eigenvalue weighted by atomic mass is 10.2. The number of furan rings is 1. The molecule has 0 atom stereocenters. The predicted molar refractivity (Wildman–Crippen MR) is 83.0 cm³/mol. The third-order valence-electron chi connectivity index (χ3n) is 2.46. The van der Waals surface area contributed by atoms with Crippen molar-refractivity contribution >= 4 is 34.6 Å². The molecule has 0 bridgehead atoms. The second kappa shape index (κ2) is 6.72. The van der Waals surface area contributed by atoms with Gasteiger partial charge in [-0.2, -0.15) is 0 Å². The summed E-state index contributed by atoms with van der Waals surface area (Å²) in [5, 5.41) is 9.33. The van der Waals surface area contributed by atoms with Crippen LogP contribution < -0.4 is 16.0 Å². The third kappa shape index (κ3) is 3.83. The van der Waals surface area contributed by atoms with Crippen LogP contribution in [-0.4, -0.2) is 17.6 Å². The van der Waals surface area contributed by atoms with Crippen LogP contribution in [0.2, 0.25) is 0 Å². The van der Waals surface area contributed by atoms with E-state index >= 15 is 0 Å². The quantitative estimate of drug-likeness (QED) is 0.755. The Hall–Kier alpha value is -2.34. The van der Waals surface area contributed by atoms with Gasteiger partial charge in [-0.3, -0.25) is 4.79 Å². The van der Waals surface area contributed by atoms with Crippen LogP contribution in [0.15, 0.2) is 47.1 Å². The highest BCUT2D eigenvalue weighted by Gasteiger charge is 2.08. The second-order valence-electron chi connectivity index (χ2n) is 4.00. The number of thiocarbonyl (C=S) groups is 1. The van der Waals surface area contributed by atoms with E-state index in [4.69, 9.17) is 16.6 Å². The Labute approximate surface area is 122 Å². The number of benzene rings is 1. The summed E-state index contributed by atoms with van der Waals surface area (Å²) < 4.78 is 5.04. The van der Waals surface area contributed by atoms with E-state index < -0.39 is 0 Å². The number of anilines is 2. The van der Waals surface area contributed by atoms with Gasteiger partial charge in [0.25, 0.3) is 5.91 Å². The molecule has 0 aliphatic rings. The van der Waals surface area contributed by atoms with Crippen molar-refractivity contribution in [3.63, 3.8) is 0 Å². The molecule has 1 heterocycles. The summed E-state index contributed by atoms with van der Waals surface area (Å²) in [6, 6.07) is 10.6. The van der Waals surface area contributed by atoms with Gasteiger partial charge in [-0.25, -0.2) is 0 Å². The molecule has 0 spiro atoms. The van der Waals surface area contributed by atoms with Gasteiger partial charge in [0.05, 0.1) is 6.26 Å². The molecule has 2 rings (SSSR count). The van der Waals surface area contributed by atoms with Crippen molar-refractivity contribution in [3.8, 4) is 0 Å². The highest BCUT2D eigenvalue weighted by molar-refractivity contribution is 7.80. The first-order valence-electron chi connectivity index (χ1n) is 6.19. The first-order valence-corrected chi connectivity index (χ1v) is 6.59. The minimum Gasteiger partial charge on any atom is -0.459 e. The molecule has 0 unspecified atom stereocenters. The van der Waals surface area contributed by atoms with Gasteiger partial charge in [0, 0.05) is 17.9 Å². The Morgan fingerprint density at radius 3 is 2.60 bits per heavy atom. The first-order chi connectivity index (χ1) is 9.69. The van der Waals surface area contributed by atoms with E-state index in [1.54, 1.807) is 24.3 Å². The van der Waals surface area contributed by atoms with Gasteiger partial charge in [0.1, 0.15) is 0 Å². The summed E-state index contributed by atoms with van der Waals surface area (Å²) in [6.45, 7) is 2.72. The van der Waals surface area contributed by atoms with E-state index in [2.05, 4.69) is 16.0 Å². The van der Waals surface area contributed by atoms with Crippen LogP contribution in [0.4, 0.5) is 11.4 Å². The molecule has 1 aromatic carbocycles. The van der Waals surface area contributed by atoms with E-state index in [0.717, 1.165) is 12.2 Å².